The molecule has 1 aliphatic heterocycles. The third-order valence-electron chi connectivity index (χ3n) is 4.37. The molecular weight excluding hydrogens is 234 g/mol. The second-order valence-electron chi connectivity index (χ2n) is 5.92. The van der Waals surface area contributed by atoms with E-state index in [0.717, 1.165) is 31.7 Å². The first-order valence-corrected chi connectivity index (χ1v) is 7.59. The molecule has 3 heteroatoms. The van der Waals surface area contributed by atoms with Crippen molar-refractivity contribution in [2.75, 3.05) is 26.2 Å². The van der Waals surface area contributed by atoms with Crippen molar-refractivity contribution in [3.05, 3.63) is 35.9 Å². The summed E-state index contributed by atoms with van der Waals surface area (Å²) in [5.74, 6) is 0. The summed E-state index contributed by atoms with van der Waals surface area (Å²) in [5.41, 5.74) is 7.20. The maximum Gasteiger partial charge on any atom is 0.0238 e. The summed E-state index contributed by atoms with van der Waals surface area (Å²) < 4.78 is 0. The summed E-state index contributed by atoms with van der Waals surface area (Å²) in [6, 6.07) is 12.4. The zero-order valence-corrected chi connectivity index (χ0v) is 11.7. The van der Waals surface area contributed by atoms with Crippen molar-refractivity contribution in [3.8, 4) is 0 Å². The van der Waals surface area contributed by atoms with E-state index in [4.69, 9.17) is 5.73 Å². The van der Waals surface area contributed by atoms with Crippen LogP contribution in [0.1, 0.15) is 24.8 Å². The van der Waals surface area contributed by atoms with Crippen molar-refractivity contribution in [2.45, 2.75) is 37.9 Å². The third-order valence-corrected chi connectivity index (χ3v) is 4.37. The third kappa shape index (κ3) is 3.35. The minimum atomic E-state index is 0.736. The van der Waals surface area contributed by atoms with Crippen LogP contribution in [0.2, 0.25) is 0 Å². The Kier molecular flexibility index (Phi) is 4.16. The van der Waals surface area contributed by atoms with E-state index in [1.165, 1.54) is 37.9 Å². The number of benzene rings is 1. The highest BCUT2D eigenvalue weighted by atomic mass is 15.3. The van der Waals surface area contributed by atoms with Gasteiger partial charge in [-0.15, -0.1) is 0 Å². The summed E-state index contributed by atoms with van der Waals surface area (Å²) >= 11 is 0. The van der Waals surface area contributed by atoms with Gasteiger partial charge in [0.25, 0.3) is 0 Å². The lowest BCUT2D eigenvalue weighted by Gasteiger charge is -2.28. The normalized spacial score (nSPS) is 24.2. The van der Waals surface area contributed by atoms with E-state index in [9.17, 15) is 0 Å². The Labute approximate surface area is 116 Å². The molecule has 104 valence electrons. The van der Waals surface area contributed by atoms with Crippen LogP contribution in [0.3, 0.4) is 0 Å². The van der Waals surface area contributed by atoms with Crippen molar-refractivity contribution in [3.63, 3.8) is 0 Å². The molecule has 1 saturated heterocycles. The van der Waals surface area contributed by atoms with Crippen LogP contribution in [0.15, 0.2) is 30.3 Å². The van der Waals surface area contributed by atoms with Gasteiger partial charge >= 0.3 is 0 Å². The quantitative estimate of drug-likeness (QED) is 0.844. The fourth-order valence-electron chi connectivity index (χ4n) is 3.29. The Balaban J connectivity index is 1.54. The molecule has 3 nitrogen and oxygen atoms in total. The molecule has 1 aromatic rings. The molecule has 0 unspecified atom stereocenters. The maximum absolute atomic E-state index is 5.77. The largest absolute Gasteiger partial charge is 0.329 e. The lowest BCUT2D eigenvalue weighted by atomic mass is 10.2. The molecule has 0 spiro atoms. The number of hydrogen-bond acceptors (Lipinski definition) is 3. The molecular formula is C16H25N3. The van der Waals surface area contributed by atoms with Gasteiger partial charge in [0.1, 0.15) is 0 Å². The molecule has 1 aliphatic carbocycles. The average Bonchev–Trinajstić information content (AvgIpc) is 3.17. The molecule has 1 saturated carbocycles. The van der Waals surface area contributed by atoms with Crippen molar-refractivity contribution in [2.24, 2.45) is 5.73 Å². The Bertz CT molecular complexity index is 388. The molecule has 2 N–H and O–H groups in total. The highest BCUT2D eigenvalue weighted by Gasteiger charge is 2.36. The van der Waals surface area contributed by atoms with Gasteiger partial charge in [0, 0.05) is 44.8 Å². The van der Waals surface area contributed by atoms with Crippen molar-refractivity contribution >= 4 is 0 Å². The number of rotatable bonds is 6. The highest BCUT2D eigenvalue weighted by Crippen LogP contribution is 2.31. The smallest absolute Gasteiger partial charge is 0.0238 e. The second-order valence-corrected chi connectivity index (χ2v) is 5.92. The summed E-state index contributed by atoms with van der Waals surface area (Å²) in [6.45, 7) is 5.41. The standard InChI is InChI=1S/C16H25N3/c17-9-11-19(15-6-7-15)16-8-10-18(13-16)12-14-4-2-1-3-5-14/h1-5,15-16H,6-13,17H2/t16-/m0/s1. The van der Waals surface area contributed by atoms with Crippen LogP contribution < -0.4 is 5.73 Å². The van der Waals surface area contributed by atoms with Gasteiger partial charge in [-0.1, -0.05) is 30.3 Å². The van der Waals surface area contributed by atoms with Crippen LogP contribution in [0.4, 0.5) is 0 Å². The van der Waals surface area contributed by atoms with E-state index in [0.29, 0.717) is 0 Å². The first kappa shape index (κ1) is 13.1. The first-order chi connectivity index (χ1) is 9.36. The number of nitrogens with zero attached hydrogens (tertiary/aromatic N) is 2. The Morgan fingerprint density at radius 1 is 1.11 bits per heavy atom. The van der Waals surface area contributed by atoms with Crippen molar-refractivity contribution in [1.82, 2.24) is 9.80 Å². The Hall–Kier alpha value is -0.900. The lowest BCUT2D eigenvalue weighted by Crippen LogP contribution is -2.42. The van der Waals surface area contributed by atoms with E-state index in [-0.39, 0.29) is 0 Å². The summed E-state index contributed by atoms with van der Waals surface area (Å²) in [4.78, 5) is 5.26. The number of hydrogen-bond donors (Lipinski definition) is 1. The average molecular weight is 259 g/mol. The van der Waals surface area contributed by atoms with Gasteiger partial charge in [-0.25, -0.2) is 0 Å². The van der Waals surface area contributed by atoms with Gasteiger partial charge in [0.15, 0.2) is 0 Å². The fraction of sp³-hybridized carbons (Fsp3) is 0.625. The molecule has 2 fully saturated rings. The minimum Gasteiger partial charge on any atom is -0.329 e. The van der Waals surface area contributed by atoms with Gasteiger partial charge < -0.3 is 5.73 Å². The molecule has 0 aromatic heterocycles. The monoisotopic (exact) mass is 259 g/mol. The molecule has 2 aliphatic rings. The number of likely N-dealkylation sites (tertiary alicyclic amines) is 1. The lowest BCUT2D eigenvalue weighted by molar-refractivity contribution is 0.186. The van der Waals surface area contributed by atoms with E-state index >= 15 is 0 Å². The van der Waals surface area contributed by atoms with Gasteiger partial charge in [-0.05, 0) is 24.8 Å². The van der Waals surface area contributed by atoms with E-state index in [2.05, 4.69) is 40.1 Å². The summed E-state index contributed by atoms with van der Waals surface area (Å²) in [5, 5.41) is 0. The fourth-order valence-corrected chi connectivity index (χ4v) is 3.29. The van der Waals surface area contributed by atoms with Crippen molar-refractivity contribution < 1.29 is 0 Å². The van der Waals surface area contributed by atoms with E-state index in [1.807, 2.05) is 0 Å². The SMILES string of the molecule is NCCN(C1CC1)[C@H]1CCN(Cc2ccccc2)C1. The molecule has 1 atom stereocenters. The van der Waals surface area contributed by atoms with Crippen LogP contribution in [0, 0.1) is 0 Å². The maximum atomic E-state index is 5.77. The first-order valence-electron chi connectivity index (χ1n) is 7.59. The minimum absolute atomic E-state index is 0.736. The van der Waals surface area contributed by atoms with Crippen molar-refractivity contribution in [1.29, 1.82) is 0 Å². The van der Waals surface area contributed by atoms with E-state index < -0.39 is 0 Å². The summed E-state index contributed by atoms with van der Waals surface area (Å²) in [6.07, 6.45) is 4.08. The predicted octanol–water partition coefficient (Wildman–Crippen LogP) is 1.68. The Morgan fingerprint density at radius 2 is 1.89 bits per heavy atom. The van der Waals surface area contributed by atoms with Gasteiger partial charge in [0.2, 0.25) is 0 Å². The molecule has 1 aromatic carbocycles. The van der Waals surface area contributed by atoms with Gasteiger partial charge in [-0.2, -0.15) is 0 Å². The zero-order chi connectivity index (χ0) is 13.1. The molecule has 0 bridgehead atoms. The van der Waals surface area contributed by atoms with Gasteiger partial charge in [-0.3, -0.25) is 9.80 Å². The van der Waals surface area contributed by atoms with Crippen LogP contribution >= 0.6 is 0 Å². The van der Waals surface area contributed by atoms with E-state index in [1.54, 1.807) is 0 Å². The second kappa shape index (κ2) is 6.04. The number of nitrogens with two attached hydrogens (primary N) is 1. The molecule has 0 radical (unpaired) electrons. The highest BCUT2D eigenvalue weighted by molar-refractivity contribution is 5.14. The molecule has 3 rings (SSSR count). The van der Waals surface area contributed by atoms with Crippen LogP contribution in [0.5, 0.6) is 0 Å². The van der Waals surface area contributed by atoms with Crippen LogP contribution in [-0.4, -0.2) is 48.1 Å². The summed E-state index contributed by atoms with van der Waals surface area (Å²) in [7, 11) is 0. The topological polar surface area (TPSA) is 32.5 Å². The van der Waals surface area contributed by atoms with Crippen LogP contribution in [-0.2, 0) is 6.54 Å². The molecule has 19 heavy (non-hydrogen) atoms. The molecule has 0 amide bonds. The predicted molar refractivity (Wildman–Crippen MR) is 78.9 cm³/mol. The van der Waals surface area contributed by atoms with Crippen LogP contribution in [0.25, 0.3) is 0 Å². The molecule has 1 heterocycles. The zero-order valence-electron chi connectivity index (χ0n) is 11.7. The Morgan fingerprint density at radius 3 is 2.58 bits per heavy atom. The van der Waals surface area contributed by atoms with Gasteiger partial charge in [0.05, 0.1) is 0 Å².